The van der Waals surface area contributed by atoms with Gasteiger partial charge in [0.25, 0.3) is 0 Å². The Morgan fingerprint density at radius 2 is 1.90 bits per heavy atom. The van der Waals surface area contributed by atoms with Crippen molar-refractivity contribution in [1.29, 1.82) is 0 Å². The fraction of sp³-hybridized carbons (Fsp3) is 0.667. The van der Waals surface area contributed by atoms with Gasteiger partial charge < -0.3 is 5.32 Å². The van der Waals surface area contributed by atoms with Crippen molar-refractivity contribution < 1.29 is 4.39 Å². The van der Waals surface area contributed by atoms with Gasteiger partial charge in [0, 0.05) is 12.0 Å². The molecular weight excluding hydrogens is 249 g/mol. The summed E-state index contributed by atoms with van der Waals surface area (Å²) in [6.45, 7) is 11.0. The topological polar surface area (TPSA) is 12.0 Å². The molecule has 2 heteroatoms. The van der Waals surface area contributed by atoms with Crippen LogP contribution in [0, 0.1) is 17.2 Å². The third-order valence-electron chi connectivity index (χ3n) is 4.83. The highest BCUT2D eigenvalue weighted by atomic mass is 19.1. The third-order valence-corrected chi connectivity index (χ3v) is 4.83. The van der Waals surface area contributed by atoms with E-state index < -0.39 is 0 Å². The van der Waals surface area contributed by atoms with E-state index >= 15 is 0 Å². The molecule has 1 aliphatic carbocycles. The first-order valence-corrected chi connectivity index (χ1v) is 7.85. The first-order valence-electron chi connectivity index (χ1n) is 7.85. The number of hydrogen-bond donors (Lipinski definition) is 1. The van der Waals surface area contributed by atoms with Crippen molar-refractivity contribution >= 4 is 0 Å². The minimum Gasteiger partial charge on any atom is -0.316 e. The molecule has 1 nitrogen and oxygen atoms in total. The Hall–Kier alpha value is -0.890. The van der Waals surface area contributed by atoms with E-state index in [1.54, 1.807) is 12.1 Å². The Kier molecular flexibility index (Phi) is 4.53. The second-order valence-corrected chi connectivity index (χ2v) is 7.41. The average Bonchev–Trinajstić information content (AvgIpc) is 2.32. The highest BCUT2D eigenvalue weighted by Crippen LogP contribution is 2.54. The van der Waals surface area contributed by atoms with Gasteiger partial charge in [-0.3, -0.25) is 0 Å². The molecule has 0 amide bonds. The Balaban J connectivity index is 2.17. The molecule has 0 radical (unpaired) electrons. The summed E-state index contributed by atoms with van der Waals surface area (Å²) in [6.07, 6.45) is 3.30. The van der Waals surface area contributed by atoms with Crippen LogP contribution in [0.2, 0.25) is 0 Å². The van der Waals surface area contributed by atoms with Crippen molar-refractivity contribution in [1.82, 2.24) is 5.32 Å². The number of nitrogens with one attached hydrogen (secondary N) is 1. The fourth-order valence-electron chi connectivity index (χ4n) is 3.35. The highest BCUT2D eigenvalue weighted by Gasteiger charge is 2.50. The van der Waals surface area contributed by atoms with Crippen LogP contribution in [0.15, 0.2) is 24.3 Å². The van der Waals surface area contributed by atoms with Gasteiger partial charge in [0.2, 0.25) is 0 Å². The average molecular weight is 277 g/mol. The van der Waals surface area contributed by atoms with Gasteiger partial charge in [-0.1, -0.05) is 45.9 Å². The summed E-state index contributed by atoms with van der Waals surface area (Å²) >= 11 is 0. The molecule has 0 aliphatic heterocycles. The number of hydrogen-bond acceptors (Lipinski definition) is 1. The Labute approximate surface area is 123 Å². The van der Waals surface area contributed by atoms with Gasteiger partial charge in [-0.05, 0) is 48.8 Å². The zero-order valence-corrected chi connectivity index (χ0v) is 13.3. The molecule has 1 aromatic carbocycles. The first kappa shape index (κ1) is 15.5. The number of halogens is 1. The van der Waals surface area contributed by atoms with Crippen LogP contribution in [0.5, 0.6) is 0 Å². The maximum atomic E-state index is 14.2. The Morgan fingerprint density at radius 1 is 1.25 bits per heavy atom. The van der Waals surface area contributed by atoms with Crippen molar-refractivity contribution in [3.8, 4) is 0 Å². The monoisotopic (exact) mass is 277 g/mol. The molecule has 20 heavy (non-hydrogen) atoms. The highest BCUT2D eigenvalue weighted by molar-refractivity contribution is 5.31. The van der Waals surface area contributed by atoms with Gasteiger partial charge in [-0.15, -0.1) is 0 Å². The third kappa shape index (κ3) is 3.06. The zero-order valence-electron chi connectivity index (χ0n) is 13.3. The molecule has 1 aromatic rings. The van der Waals surface area contributed by atoms with Gasteiger partial charge in [0.1, 0.15) is 5.82 Å². The summed E-state index contributed by atoms with van der Waals surface area (Å²) in [6, 6.07) is 7.32. The van der Waals surface area contributed by atoms with E-state index in [-0.39, 0.29) is 11.2 Å². The maximum Gasteiger partial charge on any atom is 0.127 e. The predicted molar refractivity (Wildman–Crippen MR) is 83.4 cm³/mol. The molecular formula is C18H28FN. The molecule has 1 saturated carbocycles. The summed E-state index contributed by atoms with van der Waals surface area (Å²) in [5.41, 5.74) is 1.22. The van der Waals surface area contributed by atoms with Crippen LogP contribution in [-0.4, -0.2) is 13.1 Å². The zero-order chi connectivity index (χ0) is 14.8. The van der Waals surface area contributed by atoms with Crippen molar-refractivity contribution in [2.45, 2.75) is 52.4 Å². The van der Waals surface area contributed by atoms with Crippen molar-refractivity contribution in [3.05, 3.63) is 35.6 Å². The van der Waals surface area contributed by atoms with E-state index in [4.69, 9.17) is 0 Å². The standard InChI is InChI=1S/C18H28FN/c1-5-10-20-13-18(11-14(12-18)17(2,3)4)15-8-6-7-9-16(15)19/h6-9,14,20H,5,10-13H2,1-4H3. The smallest absolute Gasteiger partial charge is 0.127 e. The van der Waals surface area contributed by atoms with E-state index in [9.17, 15) is 4.39 Å². The molecule has 112 valence electrons. The molecule has 0 bridgehead atoms. The van der Waals surface area contributed by atoms with E-state index in [2.05, 4.69) is 33.0 Å². The van der Waals surface area contributed by atoms with Gasteiger partial charge in [-0.2, -0.15) is 0 Å². The molecule has 0 aromatic heterocycles. The van der Waals surface area contributed by atoms with Crippen molar-refractivity contribution in [3.63, 3.8) is 0 Å². The lowest BCUT2D eigenvalue weighted by Crippen LogP contribution is -2.52. The van der Waals surface area contributed by atoms with Crippen LogP contribution in [0.3, 0.4) is 0 Å². The molecule has 0 heterocycles. The van der Waals surface area contributed by atoms with Crippen LogP contribution in [0.25, 0.3) is 0 Å². The lowest BCUT2D eigenvalue weighted by molar-refractivity contribution is 0.0428. The molecule has 0 spiro atoms. The SMILES string of the molecule is CCCNCC1(c2ccccc2F)CC(C(C)(C)C)C1. The summed E-state index contributed by atoms with van der Waals surface area (Å²) in [5, 5.41) is 3.51. The van der Waals surface area contributed by atoms with Gasteiger partial charge >= 0.3 is 0 Å². The summed E-state index contributed by atoms with van der Waals surface area (Å²) in [7, 11) is 0. The largest absolute Gasteiger partial charge is 0.316 e. The van der Waals surface area contributed by atoms with Crippen LogP contribution < -0.4 is 5.32 Å². The number of benzene rings is 1. The summed E-state index contributed by atoms with van der Waals surface area (Å²) in [4.78, 5) is 0. The van der Waals surface area contributed by atoms with Gasteiger partial charge in [0.15, 0.2) is 0 Å². The van der Waals surface area contributed by atoms with E-state index in [1.807, 2.05) is 12.1 Å². The maximum absolute atomic E-state index is 14.2. The van der Waals surface area contributed by atoms with E-state index in [0.29, 0.717) is 11.3 Å². The first-order chi connectivity index (χ1) is 9.39. The van der Waals surface area contributed by atoms with E-state index in [0.717, 1.165) is 37.9 Å². The van der Waals surface area contributed by atoms with Crippen LogP contribution in [0.4, 0.5) is 4.39 Å². The minimum absolute atomic E-state index is 0.00153. The molecule has 1 aliphatic rings. The predicted octanol–water partition coefficient (Wildman–Crippen LogP) is 4.52. The molecule has 2 rings (SSSR count). The van der Waals surface area contributed by atoms with Crippen LogP contribution in [-0.2, 0) is 5.41 Å². The Bertz CT molecular complexity index is 441. The summed E-state index contributed by atoms with van der Waals surface area (Å²) in [5.74, 6) is 0.642. The molecule has 0 saturated heterocycles. The van der Waals surface area contributed by atoms with Crippen molar-refractivity contribution in [2.75, 3.05) is 13.1 Å². The second kappa shape index (κ2) is 5.85. The molecule has 0 atom stereocenters. The second-order valence-electron chi connectivity index (χ2n) is 7.41. The van der Waals surface area contributed by atoms with Crippen molar-refractivity contribution in [2.24, 2.45) is 11.3 Å². The Morgan fingerprint density at radius 3 is 2.45 bits per heavy atom. The lowest BCUT2D eigenvalue weighted by Gasteiger charge is -2.53. The van der Waals surface area contributed by atoms with Crippen LogP contribution >= 0.6 is 0 Å². The normalized spacial score (nSPS) is 26.4. The fourth-order valence-corrected chi connectivity index (χ4v) is 3.35. The lowest BCUT2D eigenvalue weighted by atomic mass is 9.52. The molecule has 1 N–H and O–H groups in total. The van der Waals surface area contributed by atoms with E-state index in [1.165, 1.54) is 0 Å². The minimum atomic E-state index is -0.0434. The quantitative estimate of drug-likeness (QED) is 0.780. The molecule has 0 unspecified atom stereocenters. The summed E-state index contributed by atoms with van der Waals surface area (Å²) < 4.78 is 14.2. The molecule has 1 fully saturated rings. The van der Waals surface area contributed by atoms with Crippen LogP contribution in [0.1, 0.15) is 52.5 Å². The number of rotatable bonds is 5. The van der Waals surface area contributed by atoms with Gasteiger partial charge in [0.05, 0.1) is 0 Å². The van der Waals surface area contributed by atoms with Gasteiger partial charge in [-0.25, -0.2) is 4.39 Å².